The van der Waals surface area contributed by atoms with Gasteiger partial charge in [0.25, 0.3) is 0 Å². The Labute approximate surface area is 159 Å². The smallest absolute Gasteiger partial charge is 0.117 e. The lowest BCUT2D eigenvalue weighted by Crippen LogP contribution is -2.21. The van der Waals surface area contributed by atoms with Gasteiger partial charge in [-0.05, 0) is 23.8 Å². The fourth-order valence-corrected chi connectivity index (χ4v) is 3.50. The van der Waals surface area contributed by atoms with E-state index < -0.39 is 5.97 Å². The number of benzene rings is 2. The molecule has 132 valence electrons. The molecule has 0 atom stereocenters. The van der Waals surface area contributed by atoms with Gasteiger partial charge < -0.3 is 14.5 Å². The van der Waals surface area contributed by atoms with Crippen LogP contribution in [0.1, 0.15) is 20.2 Å². The molecule has 4 aromatic rings. The quantitative estimate of drug-likeness (QED) is 0.537. The van der Waals surface area contributed by atoms with Crippen LogP contribution in [0, 0.1) is 0 Å². The molecule has 0 aliphatic heterocycles. The van der Waals surface area contributed by atoms with Gasteiger partial charge in [-0.1, -0.05) is 48.5 Å². The largest absolute Gasteiger partial charge is 0.544 e. The Kier molecular flexibility index (Phi) is 4.63. The molecular formula is C21H14N3O2S-. The standard InChI is InChI=1S/C21H15N3O2S/c25-21(26)20-19(16-4-2-1-3-5-16)23-18(27-20)11-8-15-6-9-17(10-7-15)24-13-12-22-14-24/h1-14H,(H,25,26)/p-1/b11-8+. The third-order valence-electron chi connectivity index (χ3n) is 3.99. The predicted molar refractivity (Wildman–Crippen MR) is 104 cm³/mol. The number of carbonyl (C=O) groups is 1. The Morgan fingerprint density at radius 2 is 1.81 bits per heavy atom. The van der Waals surface area contributed by atoms with Crippen LogP contribution in [0.5, 0.6) is 0 Å². The Bertz CT molecular complexity index is 1080. The normalized spacial score (nSPS) is 11.1. The average molecular weight is 372 g/mol. The van der Waals surface area contributed by atoms with E-state index in [1.807, 2.05) is 77.5 Å². The summed E-state index contributed by atoms with van der Waals surface area (Å²) < 4.78 is 1.92. The van der Waals surface area contributed by atoms with Gasteiger partial charge in [-0.2, -0.15) is 0 Å². The van der Waals surface area contributed by atoms with Crippen LogP contribution in [-0.2, 0) is 0 Å². The number of carboxylic acids is 1. The van der Waals surface area contributed by atoms with Crippen LogP contribution in [0.25, 0.3) is 29.1 Å². The van der Waals surface area contributed by atoms with Crippen LogP contribution in [-0.4, -0.2) is 20.5 Å². The second kappa shape index (κ2) is 7.39. The molecule has 0 amide bonds. The fourth-order valence-electron chi connectivity index (χ4n) is 2.67. The van der Waals surface area contributed by atoms with Crippen molar-refractivity contribution in [3.63, 3.8) is 0 Å². The minimum atomic E-state index is -1.21. The summed E-state index contributed by atoms with van der Waals surface area (Å²) in [7, 11) is 0. The van der Waals surface area contributed by atoms with Crippen molar-refractivity contribution in [3.05, 3.63) is 88.8 Å². The van der Waals surface area contributed by atoms with E-state index >= 15 is 0 Å². The zero-order valence-electron chi connectivity index (χ0n) is 14.1. The minimum absolute atomic E-state index is 0.135. The van der Waals surface area contributed by atoms with Gasteiger partial charge in [0.1, 0.15) is 5.01 Å². The Balaban J connectivity index is 1.60. The summed E-state index contributed by atoms with van der Waals surface area (Å²) in [6.45, 7) is 0. The number of carbonyl (C=O) groups excluding carboxylic acids is 1. The van der Waals surface area contributed by atoms with Gasteiger partial charge in [0, 0.05) is 23.6 Å². The molecule has 2 aromatic heterocycles. The highest BCUT2D eigenvalue weighted by molar-refractivity contribution is 7.14. The van der Waals surface area contributed by atoms with Gasteiger partial charge in [0.15, 0.2) is 0 Å². The molecule has 27 heavy (non-hydrogen) atoms. The first kappa shape index (κ1) is 16.9. The lowest BCUT2D eigenvalue weighted by atomic mass is 10.1. The Hall–Kier alpha value is -3.51. The van der Waals surface area contributed by atoms with Gasteiger partial charge in [-0.3, -0.25) is 0 Å². The molecule has 4 rings (SSSR count). The predicted octanol–water partition coefficient (Wildman–Crippen LogP) is 3.53. The maximum atomic E-state index is 11.5. The number of imidazole rings is 1. The highest BCUT2D eigenvalue weighted by Crippen LogP contribution is 2.28. The van der Waals surface area contributed by atoms with Gasteiger partial charge in [-0.15, -0.1) is 11.3 Å². The lowest BCUT2D eigenvalue weighted by Gasteiger charge is -2.01. The van der Waals surface area contributed by atoms with Crippen LogP contribution in [0.2, 0.25) is 0 Å². The molecule has 0 unspecified atom stereocenters. The SMILES string of the molecule is O=C([O-])c1sc(/C=C/c2ccc(-n3ccnc3)cc2)nc1-c1ccccc1. The third kappa shape index (κ3) is 3.70. The van der Waals surface area contributed by atoms with Crippen LogP contribution in [0.15, 0.2) is 73.3 Å². The second-order valence-corrected chi connectivity index (χ2v) is 6.81. The molecule has 0 saturated carbocycles. The highest BCUT2D eigenvalue weighted by atomic mass is 32.1. The first-order valence-electron chi connectivity index (χ1n) is 8.25. The van der Waals surface area contributed by atoms with Gasteiger partial charge in [-0.25, -0.2) is 9.97 Å². The molecule has 0 saturated heterocycles. The summed E-state index contributed by atoms with van der Waals surface area (Å²) in [6.07, 6.45) is 9.08. The van der Waals surface area contributed by atoms with Crippen molar-refractivity contribution in [2.24, 2.45) is 0 Å². The molecule has 0 aliphatic rings. The molecule has 2 heterocycles. The van der Waals surface area contributed by atoms with Crippen LogP contribution in [0.4, 0.5) is 0 Å². The average Bonchev–Trinajstić information content (AvgIpc) is 3.38. The van der Waals surface area contributed by atoms with Gasteiger partial charge in [0.05, 0.1) is 22.9 Å². The van der Waals surface area contributed by atoms with Gasteiger partial charge in [0.2, 0.25) is 0 Å². The topological polar surface area (TPSA) is 70.8 Å². The van der Waals surface area contributed by atoms with Crippen molar-refractivity contribution in [1.29, 1.82) is 0 Å². The van der Waals surface area contributed by atoms with Crippen molar-refractivity contribution in [3.8, 4) is 16.9 Å². The van der Waals surface area contributed by atoms with Crippen molar-refractivity contribution in [2.75, 3.05) is 0 Å². The molecule has 0 spiro atoms. The van der Waals surface area contributed by atoms with Crippen molar-refractivity contribution >= 4 is 29.5 Å². The highest BCUT2D eigenvalue weighted by Gasteiger charge is 2.12. The Morgan fingerprint density at radius 1 is 1.04 bits per heavy atom. The summed E-state index contributed by atoms with van der Waals surface area (Å²) in [6, 6.07) is 17.2. The van der Waals surface area contributed by atoms with E-state index in [-0.39, 0.29) is 4.88 Å². The molecule has 0 radical (unpaired) electrons. The molecule has 6 heteroatoms. The number of carboxylic acid groups (broad SMARTS) is 1. The van der Waals surface area contributed by atoms with E-state index in [9.17, 15) is 9.90 Å². The van der Waals surface area contributed by atoms with E-state index in [0.717, 1.165) is 28.2 Å². The van der Waals surface area contributed by atoms with Gasteiger partial charge >= 0.3 is 0 Å². The summed E-state index contributed by atoms with van der Waals surface area (Å²) >= 11 is 1.11. The molecule has 5 nitrogen and oxygen atoms in total. The minimum Gasteiger partial charge on any atom is -0.544 e. The fraction of sp³-hybridized carbons (Fsp3) is 0. The Morgan fingerprint density at radius 3 is 2.48 bits per heavy atom. The molecule has 0 aliphatic carbocycles. The molecule has 0 bridgehead atoms. The van der Waals surface area contributed by atoms with Crippen molar-refractivity contribution < 1.29 is 9.90 Å². The van der Waals surface area contributed by atoms with E-state index in [1.165, 1.54) is 0 Å². The van der Waals surface area contributed by atoms with E-state index in [0.29, 0.717) is 10.7 Å². The maximum Gasteiger partial charge on any atom is 0.117 e. The van der Waals surface area contributed by atoms with Crippen molar-refractivity contribution in [1.82, 2.24) is 14.5 Å². The molecule has 0 fully saturated rings. The molecule has 0 N–H and O–H groups in total. The number of nitrogens with zero attached hydrogens (tertiary/aromatic N) is 3. The van der Waals surface area contributed by atoms with Crippen molar-refractivity contribution in [2.45, 2.75) is 0 Å². The second-order valence-electron chi connectivity index (χ2n) is 5.78. The third-order valence-corrected chi connectivity index (χ3v) is 4.99. The number of aromatic carboxylic acids is 1. The molecule has 2 aromatic carbocycles. The number of hydrogen-bond acceptors (Lipinski definition) is 5. The summed E-state index contributed by atoms with van der Waals surface area (Å²) in [5.74, 6) is -1.21. The number of thiazole rings is 1. The van der Waals surface area contributed by atoms with Crippen LogP contribution >= 0.6 is 11.3 Å². The van der Waals surface area contributed by atoms with E-state index in [1.54, 1.807) is 12.5 Å². The van der Waals surface area contributed by atoms with Crippen LogP contribution in [0.3, 0.4) is 0 Å². The monoisotopic (exact) mass is 372 g/mol. The van der Waals surface area contributed by atoms with Crippen LogP contribution < -0.4 is 5.11 Å². The van der Waals surface area contributed by atoms with E-state index in [2.05, 4.69) is 9.97 Å². The number of aromatic nitrogens is 3. The zero-order chi connectivity index (χ0) is 18.6. The summed E-state index contributed by atoms with van der Waals surface area (Å²) in [4.78, 5) is 20.1. The lowest BCUT2D eigenvalue weighted by molar-refractivity contribution is -0.254. The summed E-state index contributed by atoms with van der Waals surface area (Å²) in [5, 5.41) is 12.1. The number of rotatable bonds is 5. The zero-order valence-corrected chi connectivity index (χ0v) is 15.0. The van der Waals surface area contributed by atoms with E-state index in [4.69, 9.17) is 0 Å². The first-order chi connectivity index (χ1) is 13.2. The first-order valence-corrected chi connectivity index (χ1v) is 9.06. The number of hydrogen-bond donors (Lipinski definition) is 0. The maximum absolute atomic E-state index is 11.5. The molecular weight excluding hydrogens is 358 g/mol. The summed E-state index contributed by atoms with van der Waals surface area (Å²) in [5.41, 5.74) is 3.21.